The summed E-state index contributed by atoms with van der Waals surface area (Å²) in [6.45, 7) is 0.745. The lowest BCUT2D eigenvalue weighted by atomic mass is 10.1. The highest BCUT2D eigenvalue weighted by atomic mass is 35.5. The molecule has 1 heterocycles. The first-order valence-corrected chi connectivity index (χ1v) is 11.0. The fraction of sp³-hybridized carbons (Fsp3) is 0.350. The standard InChI is InChI=1S/C20H22ClFN2O3S/c21-17-9-3-2-8-16(17)14-24(15-20(25)23-12-6-1-7-13-23)28(26,27)19-11-5-4-10-18(19)22/h2-5,8-11H,1,6-7,12-15H2. The van der Waals surface area contributed by atoms with Gasteiger partial charge in [-0.1, -0.05) is 41.9 Å². The summed E-state index contributed by atoms with van der Waals surface area (Å²) in [4.78, 5) is 14.0. The average molecular weight is 425 g/mol. The fourth-order valence-electron chi connectivity index (χ4n) is 3.23. The molecular weight excluding hydrogens is 403 g/mol. The van der Waals surface area contributed by atoms with Gasteiger partial charge in [0.05, 0.1) is 6.54 Å². The van der Waals surface area contributed by atoms with E-state index in [2.05, 4.69) is 0 Å². The Bertz CT molecular complexity index is 946. The van der Waals surface area contributed by atoms with Crippen molar-refractivity contribution in [2.24, 2.45) is 0 Å². The van der Waals surface area contributed by atoms with Gasteiger partial charge in [0.1, 0.15) is 10.7 Å². The molecule has 28 heavy (non-hydrogen) atoms. The van der Waals surface area contributed by atoms with Crippen LogP contribution in [-0.2, 0) is 21.4 Å². The van der Waals surface area contributed by atoms with Crippen LogP contribution in [0, 0.1) is 5.82 Å². The maximum atomic E-state index is 14.2. The van der Waals surface area contributed by atoms with E-state index in [0.29, 0.717) is 23.7 Å². The third-order valence-corrected chi connectivity index (χ3v) is 6.97. The molecular formula is C20H22ClFN2O3S. The van der Waals surface area contributed by atoms with Crippen LogP contribution in [0.5, 0.6) is 0 Å². The molecule has 0 aliphatic carbocycles. The highest BCUT2D eigenvalue weighted by Gasteiger charge is 2.31. The Morgan fingerprint density at radius 1 is 1.04 bits per heavy atom. The number of carbonyl (C=O) groups excluding carboxylic acids is 1. The molecule has 1 saturated heterocycles. The molecule has 150 valence electrons. The Hall–Kier alpha value is -1.96. The maximum Gasteiger partial charge on any atom is 0.246 e. The molecule has 0 aromatic heterocycles. The van der Waals surface area contributed by atoms with E-state index in [1.807, 2.05) is 0 Å². The van der Waals surface area contributed by atoms with Gasteiger partial charge in [0, 0.05) is 24.7 Å². The second kappa shape index (κ2) is 9.03. The third kappa shape index (κ3) is 4.71. The van der Waals surface area contributed by atoms with Gasteiger partial charge in [-0.3, -0.25) is 4.79 Å². The lowest BCUT2D eigenvalue weighted by Gasteiger charge is -2.30. The van der Waals surface area contributed by atoms with Gasteiger partial charge in [-0.2, -0.15) is 4.31 Å². The Kier molecular flexibility index (Phi) is 6.69. The first kappa shape index (κ1) is 20.8. The molecule has 3 rings (SSSR count). The minimum atomic E-state index is -4.23. The number of halogens is 2. The highest BCUT2D eigenvalue weighted by Crippen LogP contribution is 2.24. The van der Waals surface area contributed by atoms with E-state index < -0.39 is 20.7 Å². The quantitative estimate of drug-likeness (QED) is 0.710. The molecule has 1 aliphatic rings. The molecule has 0 bridgehead atoms. The van der Waals surface area contributed by atoms with E-state index >= 15 is 0 Å². The van der Waals surface area contributed by atoms with Gasteiger partial charge in [-0.15, -0.1) is 0 Å². The summed E-state index contributed by atoms with van der Waals surface area (Å²) in [5.41, 5.74) is 0.551. The number of amides is 1. The molecule has 0 spiro atoms. The number of nitrogens with zero attached hydrogens (tertiary/aromatic N) is 2. The second-order valence-corrected chi connectivity index (χ2v) is 9.05. The van der Waals surface area contributed by atoms with Gasteiger partial charge in [0.2, 0.25) is 15.9 Å². The normalized spacial score (nSPS) is 15.0. The van der Waals surface area contributed by atoms with Crippen LogP contribution in [0.3, 0.4) is 0 Å². The maximum absolute atomic E-state index is 14.2. The van der Waals surface area contributed by atoms with E-state index in [4.69, 9.17) is 11.6 Å². The zero-order chi connectivity index (χ0) is 20.1. The number of sulfonamides is 1. The molecule has 1 aliphatic heterocycles. The summed E-state index contributed by atoms with van der Waals surface area (Å²) < 4.78 is 41.6. The molecule has 5 nitrogen and oxygen atoms in total. The van der Waals surface area contributed by atoms with Crippen molar-refractivity contribution < 1.29 is 17.6 Å². The minimum Gasteiger partial charge on any atom is -0.342 e. The van der Waals surface area contributed by atoms with E-state index in [1.54, 1.807) is 29.2 Å². The lowest BCUT2D eigenvalue weighted by molar-refractivity contribution is -0.132. The Labute approximate surface area is 169 Å². The molecule has 1 fully saturated rings. The zero-order valence-corrected chi connectivity index (χ0v) is 16.9. The zero-order valence-electron chi connectivity index (χ0n) is 15.4. The van der Waals surface area contributed by atoms with Gasteiger partial charge in [0.15, 0.2) is 0 Å². The predicted octanol–water partition coefficient (Wildman–Crippen LogP) is 3.68. The van der Waals surface area contributed by atoms with Gasteiger partial charge in [-0.05, 0) is 43.0 Å². The lowest BCUT2D eigenvalue weighted by Crippen LogP contribution is -2.44. The van der Waals surface area contributed by atoms with Crippen molar-refractivity contribution in [2.45, 2.75) is 30.7 Å². The Morgan fingerprint density at radius 2 is 1.68 bits per heavy atom. The molecule has 8 heteroatoms. The van der Waals surface area contributed by atoms with Gasteiger partial charge in [0.25, 0.3) is 0 Å². The van der Waals surface area contributed by atoms with Crippen LogP contribution in [0.1, 0.15) is 24.8 Å². The summed E-state index contributed by atoms with van der Waals surface area (Å²) in [5, 5.41) is 0.390. The molecule has 1 amide bonds. The second-order valence-electron chi connectivity index (χ2n) is 6.74. The number of piperidine rings is 1. The van der Waals surface area contributed by atoms with E-state index in [1.165, 1.54) is 18.2 Å². The molecule has 0 unspecified atom stereocenters. The van der Waals surface area contributed by atoms with Crippen molar-refractivity contribution in [3.63, 3.8) is 0 Å². The van der Waals surface area contributed by atoms with Crippen molar-refractivity contribution >= 4 is 27.5 Å². The first-order valence-electron chi connectivity index (χ1n) is 9.15. The summed E-state index contributed by atoms with van der Waals surface area (Å²) >= 11 is 6.19. The van der Waals surface area contributed by atoms with E-state index in [-0.39, 0.29) is 19.0 Å². The summed E-state index contributed by atoms with van der Waals surface area (Å²) in [6, 6.07) is 12.0. The van der Waals surface area contributed by atoms with Crippen molar-refractivity contribution in [3.8, 4) is 0 Å². The minimum absolute atomic E-state index is 0.115. The molecule has 0 N–H and O–H groups in total. The van der Waals surface area contributed by atoms with Crippen molar-refractivity contribution in [3.05, 3.63) is 64.9 Å². The van der Waals surface area contributed by atoms with Gasteiger partial charge in [-0.25, -0.2) is 12.8 Å². The average Bonchev–Trinajstić information content (AvgIpc) is 2.69. The molecule has 2 aromatic rings. The largest absolute Gasteiger partial charge is 0.342 e. The van der Waals surface area contributed by atoms with Crippen LogP contribution in [0.25, 0.3) is 0 Å². The van der Waals surface area contributed by atoms with Crippen LogP contribution in [0.2, 0.25) is 5.02 Å². The van der Waals surface area contributed by atoms with Crippen molar-refractivity contribution in [1.82, 2.24) is 9.21 Å². The van der Waals surface area contributed by atoms with Crippen LogP contribution >= 0.6 is 11.6 Å². The molecule has 0 saturated carbocycles. The number of hydrogen-bond acceptors (Lipinski definition) is 3. The summed E-state index contributed by atoms with van der Waals surface area (Å²) in [7, 11) is -4.23. The SMILES string of the molecule is O=C(CN(Cc1ccccc1Cl)S(=O)(=O)c1ccccc1F)N1CCCCC1. The monoisotopic (exact) mass is 424 g/mol. The number of likely N-dealkylation sites (tertiary alicyclic amines) is 1. The number of benzene rings is 2. The smallest absolute Gasteiger partial charge is 0.246 e. The Balaban J connectivity index is 1.93. The van der Waals surface area contributed by atoms with E-state index in [9.17, 15) is 17.6 Å². The van der Waals surface area contributed by atoms with Gasteiger partial charge >= 0.3 is 0 Å². The molecule has 2 aromatic carbocycles. The third-order valence-electron chi connectivity index (χ3n) is 4.78. The number of rotatable bonds is 6. The topological polar surface area (TPSA) is 57.7 Å². The van der Waals surface area contributed by atoms with Crippen LogP contribution in [-0.4, -0.2) is 43.2 Å². The van der Waals surface area contributed by atoms with Crippen LogP contribution in [0.15, 0.2) is 53.4 Å². The first-order chi connectivity index (χ1) is 13.4. The molecule has 0 atom stereocenters. The number of carbonyl (C=O) groups is 1. The fourth-order valence-corrected chi connectivity index (χ4v) is 4.86. The highest BCUT2D eigenvalue weighted by molar-refractivity contribution is 7.89. The Morgan fingerprint density at radius 3 is 2.36 bits per heavy atom. The van der Waals surface area contributed by atoms with Crippen LogP contribution < -0.4 is 0 Å². The van der Waals surface area contributed by atoms with Crippen molar-refractivity contribution in [1.29, 1.82) is 0 Å². The van der Waals surface area contributed by atoms with E-state index in [0.717, 1.165) is 29.6 Å². The summed E-state index contributed by atoms with van der Waals surface area (Å²) in [5.74, 6) is -1.14. The number of hydrogen-bond donors (Lipinski definition) is 0. The summed E-state index contributed by atoms with van der Waals surface area (Å²) in [6.07, 6.45) is 2.85. The molecule has 0 radical (unpaired) electrons. The predicted molar refractivity (Wildman–Crippen MR) is 106 cm³/mol. The van der Waals surface area contributed by atoms with Crippen LogP contribution in [0.4, 0.5) is 4.39 Å². The van der Waals surface area contributed by atoms with Gasteiger partial charge < -0.3 is 4.90 Å². The van der Waals surface area contributed by atoms with Crippen molar-refractivity contribution in [2.75, 3.05) is 19.6 Å².